The van der Waals surface area contributed by atoms with Crippen LogP contribution in [0.4, 0.5) is 0 Å². The Labute approximate surface area is 74.6 Å². The van der Waals surface area contributed by atoms with Crippen LogP contribution in [0, 0.1) is 0 Å². The Hall–Kier alpha value is -1.31. The Morgan fingerprint density at radius 2 is 2.08 bits per heavy atom. The van der Waals surface area contributed by atoms with Crippen LogP contribution in [0.3, 0.4) is 0 Å². The second-order valence-corrected chi connectivity index (χ2v) is 2.47. The third-order valence-corrected chi connectivity index (χ3v) is 1.53. The minimum Gasteiger partial charge on any atom is -0.334 e. The summed E-state index contributed by atoms with van der Waals surface area (Å²) in [7, 11) is 3.68. The van der Waals surface area contributed by atoms with E-state index in [1.807, 2.05) is 31.0 Å². The van der Waals surface area contributed by atoms with Crippen LogP contribution in [-0.4, -0.2) is 24.8 Å². The van der Waals surface area contributed by atoms with Crippen LogP contribution in [0.2, 0.25) is 0 Å². The lowest BCUT2D eigenvalue weighted by atomic mass is 10.4. The van der Waals surface area contributed by atoms with Crippen molar-refractivity contribution < 1.29 is 0 Å². The number of nitrogens with zero attached hydrogens (tertiary/aromatic N) is 2. The van der Waals surface area contributed by atoms with Gasteiger partial charge in [0.25, 0.3) is 0 Å². The van der Waals surface area contributed by atoms with Crippen molar-refractivity contribution in [1.29, 1.82) is 0 Å². The zero-order valence-corrected chi connectivity index (χ0v) is 8.04. The highest BCUT2D eigenvalue weighted by atomic mass is 15.2. The molecule has 0 aliphatic carbocycles. The molecular formula is C10H16N2. The highest BCUT2D eigenvalue weighted by molar-refractivity contribution is 5.93. The summed E-state index contributed by atoms with van der Waals surface area (Å²) in [5.74, 6) is 0.877. The third-order valence-electron chi connectivity index (χ3n) is 1.53. The minimum atomic E-state index is 0.877. The Morgan fingerprint density at radius 3 is 2.42 bits per heavy atom. The first-order valence-corrected chi connectivity index (χ1v) is 3.78. The highest BCUT2D eigenvalue weighted by Crippen LogP contribution is 1.99. The number of likely N-dealkylation sites (N-methyl/N-ethyl adjacent to an activating group) is 1. The van der Waals surface area contributed by atoms with Crippen LogP contribution < -0.4 is 0 Å². The van der Waals surface area contributed by atoms with E-state index in [0.717, 1.165) is 11.5 Å². The van der Waals surface area contributed by atoms with Crippen molar-refractivity contribution in [3.05, 3.63) is 37.1 Å². The smallest absolute Gasteiger partial charge is 0.127 e. The molecule has 0 amide bonds. The Morgan fingerprint density at radius 1 is 1.50 bits per heavy atom. The summed E-state index contributed by atoms with van der Waals surface area (Å²) in [5, 5.41) is 0. The molecule has 0 radical (unpaired) electrons. The van der Waals surface area contributed by atoms with Gasteiger partial charge >= 0.3 is 0 Å². The normalized spacial score (nSPS) is 11.8. The SMILES string of the molecule is C=C/C=C\C(=N\C)N(C)C(=C)C. The summed E-state index contributed by atoms with van der Waals surface area (Å²) >= 11 is 0. The lowest BCUT2D eigenvalue weighted by molar-refractivity contribution is 0.633. The first-order valence-electron chi connectivity index (χ1n) is 3.78. The summed E-state index contributed by atoms with van der Waals surface area (Å²) < 4.78 is 0. The molecule has 0 bridgehead atoms. The van der Waals surface area contributed by atoms with E-state index in [4.69, 9.17) is 0 Å². The van der Waals surface area contributed by atoms with Crippen molar-refractivity contribution in [2.75, 3.05) is 14.1 Å². The van der Waals surface area contributed by atoms with E-state index in [-0.39, 0.29) is 0 Å². The van der Waals surface area contributed by atoms with E-state index in [0.29, 0.717) is 0 Å². The Bertz CT molecular complexity index is 224. The van der Waals surface area contributed by atoms with Crippen molar-refractivity contribution in [2.24, 2.45) is 4.99 Å². The molecule has 0 unspecified atom stereocenters. The standard InChI is InChI=1S/C10H16N2/c1-6-7-8-10(11-4)12(5)9(2)3/h6-8H,1-2H2,3-5H3/b8-7-,11-10-. The third kappa shape index (κ3) is 3.19. The van der Waals surface area contributed by atoms with E-state index >= 15 is 0 Å². The minimum absolute atomic E-state index is 0.877. The number of amidine groups is 1. The second-order valence-electron chi connectivity index (χ2n) is 2.47. The van der Waals surface area contributed by atoms with Gasteiger partial charge < -0.3 is 4.90 Å². The highest BCUT2D eigenvalue weighted by Gasteiger charge is 2.00. The molecule has 0 heterocycles. The number of allylic oxidation sites excluding steroid dienone is 3. The summed E-state index contributed by atoms with van der Waals surface area (Å²) in [6, 6.07) is 0. The van der Waals surface area contributed by atoms with Crippen molar-refractivity contribution >= 4 is 5.84 Å². The van der Waals surface area contributed by atoms with Gasteiger partial charge in [0.15, 0.2) is 0 Å². The van der Waals surface area contributed by atoms with Gasteiger partial charge in [-0.15, -0.1) is 0 Å². The van der Waals surface area contributed by atoms with Crippen molar-refractivity contribution in [1.82, 2.24) is 4.90 Å². The van der Waals surface area contributed by atoms with Gasteiger partial charge in [0.1, 0.15) is 5.84 Å². The lowest BCUT2D eigenvalue weighted by Gasteiger charge is -2.17. The van der Waals surface area contributed by atoms with Gasteiger partial charge in [-0.1, -0.05) is 25.3 Å². The molecule has 0 saturated heterocycles. The lowest BCUT2D eigenvalue weighted by Crippen LogP contribution is -2.22. The van der Waals surface area contributed by atoms with E-state index < -0.39 is 0 Å². The molecule has 0 saturated carbocycles. The number of rotatable bonds is 3. The molecule has 0 fully saturated rings. The molecule has 66 valence electrons. The van der Waals surface area contributed by atoms with Gasteiger partial charge in [-0.05, 0) is 13.0 Å². The molecule has 0 aliphatic rings. The van der Waals surface area contributed by atoms with Crippen LogP contribution in [-0.2, 0) is 0 Å². The van der Waals surface area contributed by atoms with Crippen LogP contribution in [0.15, 0.2) is 42.1 Å². The molecule has 0 spiro atoms. The zero-order chi connectivity index (χ0) is 9.56. The predicted molar refractivity (Wildman–Crippen MR) is 55.3 cm³/mol. The number of aliphatic imine (C=N–C) groups is 1. The summed E-state index contributed by atoms with van der Waals surface area (Å²) in [4.78, 5) is 6.01. The van der Waals surface area contributed by atoms with E-state index in [1.54, 1.807) is 13.1 Å². The van der Waals surface area contributed by atoms with E-state index in [9.17, 15) is 0 Å². The van der Waals surface area contributed by atoms with Crippen molar-refractivity contribution in [3.63, 3.8) is 0 Å². The van der Waals surface area contributed by atoms with Gasteiger partial charge in [0.2, 0.25) is 0 Å². The molecule has 0 aromatic heterocycles. The second kappa shape index (κ2) is 5.35. The Balaban J connectivity index is 4.47. The van der Waals surface area contributed by atoms with Crippen LogP contribution >= 0.6 is 0 Å². The van der Waals surface area contributed by atoms with Gasteiger partial charge in [-0.3, -0.25) is 4.99 Å². The summed E-state index contributed by atoms with van der Waals surface area (Å²) in [6.07, 6.45) is 5.46. The van der Waals surface area contributed by atoms with E-state index in [1.165, 1.54) is 0 Å². The van der Waals surface area contributed by atoms with Crippen LogP contribution in [0.1, 0.15) is 6.92 Å². The average molecular weight is 164 g/mol. The fourth-order valence-electron chi connectivity index (χ4n) is 0.686. The predicted octanol–water partition coefficient (Wildman–Crippen LogP) is 2.22. The molecule has 0 aromatic carbocycles. The van der Waals surface area contributed by atoms with Crippen molar-refractivity contribution in [2.45, 2.75) is 6.92 Å². The van der Waals surface area contributed by atoms with E-state index in [2.05, 4.69) is 18.2 Å². The first kappa shape index (κ1) is 10.7. The molecule has 0 atom stereocenters. The molecule has 12 heavy (non-hydrogen) atoms. The monoisotopic (exact) mass is 164 g/mol. The number of hydrogen-bond donors (Lipinski definition) is 0. The molecule has 0 aliphatic heterocycles. The van der Waals surface area contributed by atoms with Gasteiger partial charge in [0, 0.05) is 19.8 Å². The van der Waals surface area contributed by atoms with Crippen molar-refractivity contribution in [3.8, 4) is 0 Å². The molecule has 0 rings (SSSR count). The number of hydrogen-bond acceptors (Lipinski definition) is 1. The fraction of sp³-hybridized carbons (Fsp3) is 0.300. The maximum Gasteiger partial charge on any atom is 0.127 e. The van der Waals surface area contributed by atoms with Gasteiger partial charge in [-0.2, -0.15) is 0 Å². The van der Waals surface area contributed by atoms with Gasteiger partial charge in [-0.25, -0.2) is 0 Å². The summed E-state index contributed by atoms with van der Waals surface area (Å²) in [6.45, 7) is 9.34. The molecule has 2 heteroatoms. The quantitative estimate of drug-likeness (QED) is 0.355. The summed E-state index contributed by atoms with van der Waals surface area (Å²) in [5.41, 5.74) is 0.962. The van der Waals surface area contributed by atoms with Gasteiger partial charge in [0.05, 0.1) is 0 Å². The molecule has 0 N–H and O–H groups in total. The maximum atomic E-state index is 4.09. The average Bonchev–Trinajstić information content (AvgIpc) is 2.05. The van der Waals surface area contributed by atoms with Crippen LogP contribution in [0.5, 0.6) is 0 Å². The first-order chi connectivity index (χ1) is 5.63. The maximum absolute atomic E-state index is 4.09. The molecule has 0 aromatic rings. The van der Waals surface area contributed by atoms with Crippen LogP contribution in [0.25, 0.3) is 0 Å². The topological polar surface area (TPSA) is 15.6 Å². The largest absolute Gasteiger partial charge is 0.334 e. The molecular weight excluding hydrogens is 148 g/mol. The Kier molecular flexibility index (Phi) is 4.77. The fourth-order valence-corrected chi connectivity index (χ4v) is 0.686. The molecule has 2 nitrogen and oxygen atoms in total. The zero-order valence-electron chi connectivity index (χ0n) is 8.04.